The van der Waals surface area contributed by atoms with E-state index in [2.05, 4.69) is 24.5 Å². The van der Waals surface area contributed by atoms with Gasteiger partial charge in [0, 0.05) is 19.5 Å². The number of carbonyl (C=O) groups is 1. The number of nitrogens with one attached hydrogen (secondary N) is 2. The molecule has 1 rings (SSSR count). The fraction of sp³-hybridized carbons (Fsp3) is 0.429. The molecule has 102 valence electrons. The molecule has 0 fully saturated rings. The summed E-state index contributed by atoms with van der Waals surface area (Å²) in [6.45, 7) is 5.30. The molecule has 0 aliphatic heterocycles. The first-order valence-electron chi connectivity index (χ1n) is 6.23. The van der Waals surface area contributed by atoms with Gasteiger partial charge in [-0.15, -0.1) is 0 Å². The molecule has 1 aromatic rings. The Labute approximate surface area is 118 Å². The summed E-state index contributed by atoms with van der Waals surface area (Å²) in [5.41, 5.74) is 1.25. The predicted molar refractivity (Wildman–Crippen MR) is 77.1 cm³/mol. The quantitative estimate of drug-likeness (QED) is 0.841. The number of amides is 1. The van der Waals surface area contributed by atoms with Gasteiger partial charge in [-0.3, -0.25) is 4.79 Å². The summed E-state index contributed by atoms with van der Waals surface area (Å²) in [6, 6.07) is 7.05. The summed E-state index contributed by atoms with van der Waals surface area (Å²) in [5.74, 6) is 0.468. The highest BCUT2D eigenvalue weighted by Gasteiger charge is 2.04. The van der Waals surface area contributed by atoms with E-state index in [0.717, 1.165) is 5.69 Å². The van der Waals surface area contributed by atoms with E-state index >= 15 is 0 Å². The molecule has 4 nitrogen and oxygen atoms in total. The van der Waals surface area contributed by atoms with Crippen LogP contribution in [0.15, 0.2) is 18.2 Å². The van der Waals surface area contributed by atoms with Crippen molar-refractivity contribution >= 4 is 23.2 Å². The van der Waals surface area contributed by atoms with Crippen LogP contribution in [0.3, 0.4) is 0 Å². The first kappa shape index (κ1) is 15.3. The summed E-state index contributed by atoms with van der Waals surface area (Å²) >= 11 is 6.01. The van der Waals surface area contributed by atoms with Gasteiger partial charge >= 0.3 is 0 Å². The second-order valence-corrected chi connectivity index (χ2v) is 5.09. The zero-order chi connectivity index (χ0) is 14.3. The highest BCUT2D eigenvalue weighted by atomic mass is 35.5. The second-order valence-electron chi connectivity index (χ2n) is 4.68. The van der Waals surface area contributed by atoms with Gasteiger partial charge in [-0.2, -0.15) is 5.26 Å². The zero-order valence-electron chi connectivity index (χ0n) is 11.2. The van der Waals surface area contributed by atoms with E-state index in [1.165, 1.54) is 0 Å². The molecule has 0 heterocycles. The summed E-state index contributed by atoms with van der Waals surface area (Å²) in [7, 11) is 0. The molecule has 0 aliphatic rings. The molecule has 0 atom stereocenters. The molecular weight excluding hydrogens is 262 g/mol. The lowest BCUT2D eigenvalue weighted by Gasteiger charge is -2.10. The summed E-state index contributed by atoms with van der Waals surface area (Å²) in [5, 5.41) is 15.1. The molecule has 19 heavy (non-hydrogen) atoms. The van der Waals surface area contributed by atoms with Crippen molar-refractivity contribution in [3.05, 3.63) is 28.8 Å². The molecule has 0 aromatic heterocycles. The van der Waals surface area contributed by atoms with Crippen LogP contribution in [0.1, 0.15) is 25.8 Å². The van der Waals surface area contributed by atoms with Crippen LogP contribution in [-0.4, -0.2) is 19.0 Å². The Kier molecular flexibility index (Phi) is 6.17. The van der Waals surface area contributed by atoms with Crippen molar-refractivity contribution in [1.29, 1.82) is 5.26 Å². The topological polar surface area (TPSA) is 64.9 Å². The Morgan fingerprint density at radius 3 is 2.79 bits per heavy atom. The van der Waals surface area contributed by atoms with E-state index in [-0.39, 0.29) is 5.91 Å². The minimum Gasteiger partial charge on any atom is -0.383 e. The third kappa shape index (κ3) is 5.62. The van der Waals surface area contributed by atoms with Gasteiger partial charge in [0.05, 0.1) is 22.3 Å². The van der Waals surface area contributed by atoms with Gasteiger partial charge in [0.25, 0.3) is 0 Å². The highest BCUT2D eigenvalue weighted by molar-refractivity contribution is 6.33. The minimum absolute atomic E-state index is 0.0194. The number of nitriles is 1. The van der Waals surface area contributed by atoms with Crippen molar-refractivity contribution in [3.8, 4) is 6.07 Å². The normalized spacial score (nSPS) is 10.1. The molecule has 2 N–H and O–H groups in total. The van der Waals surface area contributed by atoms with Crippen molar-refractivity contribution in [2.24, 2.45) is 5.92 Å². The van der Waals surface area contributed by atoms with Crippen molar-refractivity contribution < 1.29 is 4.79 Å². The van der Waals surface area contributed by atoms with Gasteiger partial charge in [-0.25, -0.2) is 0 Å². The molecule has 5 heteroatoms. The predicted octanol–water partition coefficient (Wildman–Crippen LogP) is 2.79. The number of nitrogens with zero attached hydrogens (tertiary/aromatic N) is 1. The Morgan fingerprint density at radius 2 is 2.21 bits per heavy atom. The molecule has 1 aromatic carbocycles. The van der Waals surface area contributed by atoms with Crippen LogP contribution in [-0.2, 0) is 4.79 Å². The number of carbonyl (C=O) groups excluding carboxylic acids is 1. The third-order valence-corrected chi connectivity index (χ3v) is 2.79. The van der Waals surface area contributed by atoms with Crippen molar-refractivity contribution in [3.63, 3.8) is 0 Å². The van der Waals surface area contributed by atoms with E-state index < -0.39 is 0 Å². The average Bonchev–Trinajstić information content (AvgIpc) is 2.38. The van der Waals surface area contributed by atoms with Crippen LogP contribution in [0.25, 0.3) is 0 Å². The van der Waals surface area contributed by atoms with E-state index in [1.807, 2.05) is 6.07 Å². The van der Waals surface area contributed by atoms with E-state index in [0.29, 0.717) is 36.0 Å². The Bertz CT molecular complexity index is 480. The number of anilines is 1. The Balaban J connectivity index is 2.37. The third-order valence-electron chi connectivity index (χ3n) is 2.47. The largest absolute Gasteiger partial charge is 0.383 e. The van der Waals surface area contributed by atoms with Crippen LogP contribution >= 0.6 is 11.6 Å². The van der Waals surface area contributed by atoms with Crippen molar-refractivity contribution in [1.82, 2.24) is 5.32 Å². The monoisotopic (exact) mass is 279 g/mol. The molecule has 0 spiro atoms. The molecular formula is C14H18ClN3O. The van der Waals surface area contributed by atoms with E-state index in [4.69, 9.17) is 16.9 Å². The molecule has 0 radical (unpaired) electrons. The Hall–Kier alpha value is -1.73. The van der Waals surface area contributed by atoms with Gasteiger partial charge in [0.15, 0.2) is 0 Å². The first-order valence-corrected chi connectivity index (χ1v) is 6.61. The number of rotatable bonds is 6. The maximum Gasteiger partial charge on any atom is 0.221 e. The van der Waals surface area contributed by atoms with E-state index in [9.17, 15) is 4.79 Å². The number of hydrogen-bond acceptors (Lipinski definition) is 3. The summed E-state index contributed by atoms with van der Waals surface area (Å²) in [6.07, 6.45) is 0.392. The van der Waals surface area contributed by atoms with Gasteiger partial charge in [-0.1, -0.05) is 25.4 Å². The number of halogens is 1. The van der Waals surface area contributed by atoms with Crippen LogP contribution in [0, 0.1) is 17.2 Å². The van der Waals surface area contributed by atoms with Crippen LogP contribution in [0.5, 0.6) is 0 Å². The SMILES string of the molecule is CC(C)CNC(=O)CCNc1ccc(C#N)cc1Cl. The standard InChI is InChI=1S/C14H18ClN3O/c1-10(2)9-18-14(19)5-6-17-13-4-3-11(8-16)7-12(13)15/h3-4,7,10,17H,5-6,9H2,1-2H3,(H,18,19). The minimum atomic E-state index is 0.0194. The second kappa shape index (κ2) is 7.65. The lowest BCUT2D eigenvalue weighted by molar-refractivity contribution is -0.120. The Morgan fingerprint density at radius 1 is 1.47 bits per heavy atom. The van der Waals surface area contributed by atoms with Gasteiger partial charge in [-0.05, 0) is 24.1 Å². The maximum absolute atomic E-state index is 11.5. The molecule has 0 bridgehead atoms. The van der Waals surface area contributed by atoms with E-state index in [1.54, 1.807) is 18.2 Å². The molecule has 0 saturated heterocycles. The van der Waals surface area contributed by atoms with Crippen molar-refractivity contribution in [2.75, 3.05) is 18.4 Å². The van der Waals surface area contributed by atoms with Crippen molar-refractivity contribution in [2.45, 2.75) is 20.3 Å². The highest BCUT2D eigenvalue weighted by Crippen LogP contribution is 2.22. The van der Waals surface area contributed by atoms with Crippen LogP contribution in [0.4, 0.5) is 5.69 Å². The number of hydrogen-bond donors (Lipinski definition) is 2. The average molecular weight is 280 g/mol. The molecule has 1 amide bonds. The van der Waals surface area contributed by atoms with Crippen LogP contribution < -0.4 is 10.6 Å². The fourth-order valence-corrected chi connectivity index (χ4v) is 1.69. The first-order chi connectivity index (χ1) is 9.02. The van der Waals surface area contributed by atoms with Gasteiger partial charge in [0.2, 0.25) is 5.91 Å². The number of benzene rings is 1. The zero-order valence-corrected chi connectivity index (χ0v) is 11.9. The van der Waals surface area contributed by atoms with Gasteiger partial charge < -0.3 is 10.6 Å². The van der Waals surface area contributed by atoms with Gasteiger partial charge in [0.1, 0.15) is 0 Å². The van der Waals surface area contributed by atoms with Crippen LogP contribution in [0.2, 0.25) is 5.02 Å². The molecule has 0 unspecified atom stereocenters. The lowest BCUT2D eigenvalue weighted by Crippen LogP contribution is -2.28. The fourth-order valence-electron chi connectivity index (χ4n) is 1.45. The lowest BCUT2D eigenvalue weighted by atomic mass is 10.2. The summed E-state index contributed by atoms with van der Waals surface area (Å²) in [4.78, 5) is 11.5. The molecule has 0 saturated carbocycles. The smallest absolute Gasteiger partial charge is 0.221 e. The molecule has 0 aliphatic carbocycles. The summed E-state index contributed by atoms with van der Waals surface area (Å²) < 4.78 is 0. The maximum atomic E-state index is 11.5.